The highest BCUT2D eigenvalue weighted by Crippen LogP contribution is 2.35. The summed E-state index contributed by atoms with van der Waals surface area (Å²) in [6.07, 6.45) is 8.95. The molecule has 0 aromatic heterocycles. The largest absolute Gasteiger partial charge is 0.350 e. The lowest BCUT2D eigenvalue weighted by molar-refractivity contribution is -0.135. The summed E-state index contributed by atoms with van der Waals surface area (Å²) in [5, 5.41) is 5.74. The second kappa shape index (κ2) is 7.09. The van der Waals surface area contributed by atoms with Crippen molar-refractivity contribution < 1.29 is 14.4 Å². The third-order valence-corrected chi connectivity index (χ3v) is 5.82. The van der Waals surface area contributed by atoms with Crippen molar-refractivity contribution in [2.45, 2.75) is 69.4 Å². The maximum atomic E-state index is 12.6. The van der Waals surface area contributed by atoms with Crippen LogP contribution in [0.3, 0.4) is 0 Å². The lowest BCUT2D eigenvalue weighted by Crippen LogP contribution is -2.50. The summed E-state index contributed by atoms with van der Waals surface area (Å²) in [4.78, 5) is 38.1. The van der Waals surface area contributed by atoms with Gasteiger partial charge in [0.05, 0.1) is 0 Å². The second-order valence-electron chi connectivity index (χ2n) is 7.42. The number of nitrogens with zero attached hydrogens (tertiary/aromatic N) is 1. The molecule has 1 saturated heterocycles. The highest BCUT2D eigenvalue weighted by Gasteiger charge is 2.52. The Kier molecular flexibility index (Phi) is 5.08. The van der Waals surface area contributed by atoms with Crippen LogP contribution in [0.15, 0.2) is 0 Å². The van der Waals surface area contributed by atoms with E-state index < -0.39 is 11.6 Å². The van der Waals surface area contributed by atoms with Crippen LogP contribution in [0.2, 0.25) is 0 Å². The van der Waals surface area contributed by atoms with Crippen LogP contribution in [0.5, 0.6) is 0 Å². The topological polar surface area (TPSA) is 105 Å². The summed E-state index contributed by atoms with van der Waals surface area (Å²) in [6, 6.07) is -0.516. The van der Waals surface area contributed by atoms with Gasteiger partial charge in [0, 0.05) is 12.6 Å². The number of hydrogen-bond acceptors (Lipinski definition) is 4. The average Bonchev–Trinajstić information content (AvgIpc) is 3.15. The van der Waals surface area contributed by atoms with Crippen LogP contribution >= 0.6 is 0 Å². The Balaban J connectivity index is 1.57. The van der Waals surface area contributed by atoms with Gasteiger partial charge in [0.2, 0.25) is 5.91 Å². The minimum absolute atomic E-state index is 0.0704. The molecule has 1 aliphatic heterocycles. The number of carbonyl (C=O) groups excluding carboxylic acids is 3. The van der Waals surface area contributed by atoms with Crippen LogP contribution in [-0.2, 0) is 9.59 Å². The number of nitrogens with two attached hydrogens (primary N) is 1. The molecule has 134 valence electrons. The van der Waals surface area contributed by atoms with E-state index in [2.05, 4.69) is 10.6 Å². The fraction of sp³-hybridized carbons (Fsp3) is 0.824. The highest BCUT2D eigenvalue weighted by atomic mass is 16.2. The first-order valence-corrected chi connectivity index (χ1v) is 9.19. The third-order valence-electron chi connectivity index (χ3n) is 5.82. The van der Waals surface area contributed by atoms with Crippen molar-refractivity contribution in [3.05, 3.63) is 0 Å². The van der Waals surface area contributed by atoms with Crippen LogP contribution in [0.1, 0.15) is 57.8 Å². The van der Waals surface area contributed by atoms with E-state index in [0.29, 0.717) is 25.3 Å². The molecule has 1 unspecified atom stereocenters. The Morgan fingerprint density at radius 3 is 2.50 bits per heavy atom. The van der Waals surface area contributed by atoms with Gasteiger partial charge in [-0.05, 0) is 31.6 Å². The quantitative estimate of drug-likeness (QED) is 0.648. The highest BCUT2D eigenvalue weighted by molar-refractivity contribution is 6.09. The molecule has 4 N–H and O–H groups in total. The van der Waals surface area contributed by atoms with E-state index in [0.717, 1.165) is 30.6 Å². The summed E-state index contributed by atoms with van der Waals surface area (Å²) >= 11 is 0. The molecule has 1 atom stereocenters. The van der Waals surface area contributed by atoms with Gasteiger partial charge in [0.25, 0.3) is 5.91 Å². The van der Waals surface area contributed by atoms with E-state index >= 15 is 0 Å². The number of imide groups is 1. The van der Waals surface area contributed by atoms with Crippen molar-refractivity contribution >= 4 is 17.8 Å². The first kappa shape index (κ1) is 17.2. The van der Waals surface area contributed by atoms with E-state index in [1.807, 2.05) is 0 Å². The molecule has 4 amide bonds. The molecule has 0 aromatic carbocycles. The van der Waals surface area contributed by atoms with Crippen LogP contribution in [0.25, 0.3) is 0 Å². The fourth-order valence-electron chi connectivity index (χ4n) is 4.44. The zero-order valence-corrected chi connectivity index (χ0v) is 14.2. The van der Waals surface area contributed by atoms with Gasteiger partial charge < -0.3 is 16.4 Å². The Labute approximate surface area is 142 Å². The van der Waals surface area contributed by atoms with Gasteiger partial charge in [-0.1, -0.05) is 32.1 Å². The molecule has 3 rings (SSSR count). The summed E-state index contributed by atoms with van der Waals surface area (Å²) in [6.45, 7) is 0.177. The van der Waals surface area contributed by atoms with Crippen molar-refractivity contribution in [3.63, 3.8) is 0 Å². The molecular weight excluding hydrogens is 308 g/mol. The molecular formula is C17H28N4O3. The van der Waals surface area contributed by atoms with E-state index in [1.165, 1.54) is 19.3 Å². The predicted molar refractivity (Wildman–Crippen MR) is 89.0 cm³/mol. The predicted octanol–water partition coefficient (Wildman–Crippen LogP) is 0.875. The zero-order valence-electron chi connectivity index (χ0n) is 14.2. The van der Waals surface area contributed by atoms with Crippen molar-refractivity contribution in [1.29, 1.82) is 0 Å². The Bertz CT molecular complexity index is 510. The van der Waals surface area contributed by atoms with Gasteiger partial charge in [-0.15, -0.1) is 0 Å². The number of hydrogen-bond donors (Lipinski definition) is 3. The summed E-state index contributed by atoms with van der Waals surface area (Å²) < 4.78 is 0. The third kappa shape index (κ3) is 3.27. The lowest BCUT2D eigenvalue weighted by Gasteiger charge is -2.30. The van der Waals surface area contributed by atoms with Gasteiger partial charge in [-0.2, -0.15) is 0 Å². The molecule has 0 aromatic rings. The van der Waals surface area contributed by atoms with Crippen LogP contribution in [0, 0.1) is 5.92 Å². The molecule has 0 bridgehead atoms. The molecule has 2 aliphatic carbocycles. The molecule has 1 spiro atoms. The van der Waals surface area contributed by atoms with Crippen LogP contribution in [-0.4, -0.2) is 47.4 Å². The molecule has 0 radical (unpaired) electrons. The fourth-order valence-corrected chi connectivity index (χ4v) is 4.44. The van der Waals surface area contributed by atoms with Gasteiger partial charge in [-0.25, -0.2) is 4.79 Å². The number of amides is 4. The van der Waals surface area contributed by atoms with E-state index in [9.17, 15) is 14.4 Å². The van der Waals surface area contributed by atoms with Crippen LogP contribution < -0.4 is 16.4 Å². The number of urea groups is 1. The van der Waals surface area contributed by atoms with Gasteiger partial charge in [-0.3, -0.25) is 14.5 Å². The van der Waals surface area contributed by atoms with Crippen molar-refractivity contribution in [3.8, 4) is 0 Å². The van der Waals surface area contributed by atoms with Gasteiger partial charge in [0.1, 0.15) is 12.1 Å². The maximum Gasteiger partial charge on any atom is 0.325 e. The summed E-state index contributed by atoms with van der Waals surface area (Å²) in [7, 11) is 0. The molecule has 3 fully saturated rings. The summed E-state index contributed by atoms with van der Waals surface area (Å²) in [5.41, 5.74) is 5.08. The van der Waals surface area contributed by atoms with Crippen molar-refractivity contribution in [2.75, 3.05) is 13.1 Å². The molecule has 3 aliphatic rings. The number of rotatable bonds is 5. The minimum atomic E-state index is -0.756. The van der Waals surface area contributed by atoms with Crippen LogP contribution in [0.4, 0.5) is 4.79 Å². The molecule has 24 heavy (non-hydrogen) atoms. The number of carbonyl (C=O) groups is 3. The Morgan fingerprint density at radius 2 is 1.88 bits per heavy atom. The smallest absolute Gasteiger partial charge is 0.325 e. The van der Waals surface area contributed by atoms with Crippen molar-refractivity contribution in [2.24, 2.45) is 11.7 Å². The molecule has 1 heterocycles. The Morgan fingerprint density at radius 1 is 1.21 bits per heavy atom. The van der Waals surface area contributed by atoms with Gasteiger partial charge >= 0.3 is 6.03 Å². The Hall–Kier alpha value is -1.63. The average molecular weight is 336 g/mol. The number of nitrogens with one attached hydrogen (secondary N) is 2. The maximum absolute atomic E-state index is 12.6. The van der Waals surface area contributed by atoms with E-state index in [-0.39, 0.29) is 24.4 Å². The first-order valence-electron chi connectivity index (χ1n) is 9.19. The van der Waals surface area contributed by atoms with E-state index in [1.54, 1.807) is 0 Å². The molecule has 7 heteroatoms. The van der Waals surface area contributed by atoms with Gasteiger partial charge in [0.15, 0.2) is 0 Å². The standard InChI is InChI=1S/C17H28N4O3/c18-10-13(12-6-2-1-3-7-12)19-14(22)11-21-15(23)17(20-16(21)24)8-4-5-9-17/h12-13H,1-11,18H2,(H,19,22)(H,20,24). The second-order valence-corrected chi connectivity index (χ2v) is 7.42. The monoisotopic (exact) mass is 336 g/mol. The van der Waals surface area contributed by atoms with E-state index in [4.69, 9.17) is 5.73 Å². The minimum Gasteiger partial charge on any atom is -0.350 e. The lowest BCUT2D eigenvalue weighted by atomic mass is 9.84. The zero-order chi connectivity index (χ0) is 17.2. The molecule has 7 nitrogen and oxygen atoms in total. The normalized spacial score (nSPS) is 25.1. The van der Waals surface area contributed by atoms with Crippen molar-refractivity contribution in [1.82, 2.24) is 15.5 Å². The molecule has 2 saturated carbocycles. The SMILES string of the molecule is NCC(NC(=O)CN1C(=O)NC2(CCCC2)C1=O)C1CCCCC1. The first-order chi connectivity index (χ1) is 11.6. The summed E-state index contributed by atoms with van der Waals surface area (Å²) in [5.74, 6) is -0.145.